The number of benzene rings is 2. The summed E-state index contributed by atoms with van der Waals surface area (Å²) < 4.78 is 0. The molecule has 1 atom stereocenters. The summed E-state index contributed by atoms with van der Waals surface area (Å²) in [6.07, 6.45) is 2.14. The number of rotatable bonds is 4. The summed E-state index contributed by atoms with van der Waals surface area (Å²) in [4.78, 5) is 0. The van der Waals surface area contributed by atoms with Crippen LogP contribution in [0.25, 0.3) is 0 Å². The van der Waals surface area contributed by atoms with Gasteiger partial charge in [0.15, 0.2) is 0 Å². The van der Waals surface area contributed by atoms with E-state index >= 15 is 0 Å². The Morgan fingerprint density at radius 2 is 1.37 bits per heavy atom. The molecular weight excluding hydrogens is 244 g/mol. The molecule has 1 heteroatoms. The van der Waals surface area contributed by atoms with Crippen LogP contribution in [-0.4, -0.2) is 8.07 Å². The largest absolute Gasteiger partial charge is 0.102 e. The first kappa shape index (κ1) is 13.8. The van der Waals surface area contributed by atoms with Crippen LogP contribution in [0.3, 0.4) is 0 Å². The lowest BCUT2D eigenvalue weighted by atomic mass is 10.0. The van der Waals surface area contributed by atoms with Gasteiger partial charge in [0.2, 0.25) is 0 Å². The van der Waals surface area contributed by atoms with Gasteiger partial charge in [-0.2, -0.15) is 0 Å². The average molecular weight is 266 g/mol. The Morgan fingerprint density at radius 3 is 1.84 bits per heavy atom. The Balaban J connectivity index is 2.55. The molecule has 0 saturated heterocycles. The highest BCUT2D eigenvalue weighted by molar-refractivity contribution is 6.92. The summed E-state index contributed by atoms with van der Waals surface area (Å²) in [5, 5.41) is 1.51. The van der Waals surface area contributed by atoms with Crippen LogP contribution < -0.4 is 5.19 Å². The van der Waals surface area contributed by atoms with Crippen LogP contribution in [0.15, 0.2) is 73.3 Å². The Bertz CT molecular complexity index is 542. The molecule has 2 rings (SSSR count). The summed E-state index contributed by atoms with van der Waals surface area (Å²) in [5.41, 5.74) is 1.37. The second-order valence-corrected chi connectivity index (χ2v) is 10.6. The zero-order chi connectivity index (χ0) is 13.9. The molecule has 0 fully saturated rings. The van der Waals surface area contributed by atoms with Gasteiger partial charge in [0.25, 0.3) is 0 Å². The van der Waals surface area contributed by atoms with Crippen LogP contribution in [0.2, 0.25) is 13.1 Å². The van der Waals surface area contributed by atoms with Gasteiger partial charge >= 0.3 is 0 Å². The summed E-state index contributed by atoms with van der Waals surface area (Å²) >= 11 is 0. The molecule has 0 aliphatic carbocycles. The lowest BCUT2D eigenvalue weighted by molar-refractivity contribution is 0.819. The van der Waals surface area contributed by atoms with E-state index in [-0.39, 0.29) is 5.04 Å². The molecule has 0 aliphatic heterocycles. The first-order chi connectivity index (χ1) is 9.02. The standard InChI is InChI=1S/C18H22Si/c1-5-18(2,16-12-8-6-9-13-16)19(3,4)17-14-10-7-11-15-17/h5-15H,1H2,2-4H3/t18-/m1/s1. The molecule has 0 radical (unpaired) electrons. The van der Waals surface area contributed by atoms with E-state index < -0.39 is 8.07 Å². The van der Waals surface area contributed by atoms with Crippen molar-refractivity contribution in [2.24, 2.45) is 0 Å². The van der Waals surface area contributed by atoms with Crippen molar-refractivity contribution in [2.45, 2.75) is 25.1 Å². The van der Waals surface area contributed by atoms with Gasteiger partial charge in [0, 0.05) is 5.04 Å². The van der Waals surface area contributed by atoms with Gasteiger partial charge in [-0.3, -0.25) is 0 Å². The Hall–Kier alpha value is -1.60. The van der Waals surface area contributed by atoms with E-state index in [0.29, 0.717) is 0 Å². The lowest BCUT2D eigenvalue weighted by Gasteiger charge is -2.41. The van der Waals surface area contributed by atoms with E-state index in [1.807, 2.05) is 0 Å². The fourth-order valence-electron chi connectivity index (χ4n) is 2.67. The number of hydrogen-bond donors (Lipinski definition) is 0. The minimum Gasteiger partial charge on any atom is -0.102 e. The Kier molecular flexibility index (Phi) is 3.77. The van der Waals surface area contributed by atoms with Crippen LogP contribution in [0.5, 0.6) is 0 Å². The fourth-order valence-corrected chi connectivity index (χ4v) is 5.70. The van der Waals surface area contributed by atoms with Crippen molar-refractivity contribution in [3.8, 4) is 0 Å². The molecule has 0 aliphatic rings. The van der Waals surface area contributed by atoms with Crippen molar-refractivity contribution in [1.82, 2.24) is 0 Å². The highest BCUT2D eigenvalue weighted by atomic mass is 28.3. The molecule has 0 nitrogen and oxygen atoms in total. The van der Waals surface area contributed by atoms with Crippen molar-refractivity contribution < 1.29 is 0 Å². The predicted molar refractivity (Wildman–Crippen MR) is 87.5 cm³/mol. The van der Waals surface area contributed by atoms with Crippen molar-refractivity contribution >= 4 is 13.3 Å². The third-order valence-corrected chi connectivity index (χ3v) is 9.44. The maximum absolute atomic E-state index is 4.14. The normalized spacial score (nSPS) is 14.7. The number of allylic oxidation sites excluding steroid dienone is 1. The van der Waals surface area contributed by atoms with Crippen molar-refractivity contribution in [1.29, 1.82) is 0 Å². The van der Waals surface area contributed by atoms with Crippen molar-refractivity contribution in [3.05, 3.63) is 78.9 Å². The molecule has 98 valence electrons. The maximum Gasteiger partial charge on any atom is 0.0950 e. The zero-order valence-electron chi connectivity index (χ0n) is 12.1. The molecular formula is C18H22Si. The van der Waals surface area contributed by atoms with E-state index in [1.165, 1.54) is 10.8 Å². The molecule has 2 aromatic carbocycles. The van der Waals surface area contributed by atoms with Crippen molar-refractivity contribution in [2.75, 3.05) is 0 Å². The lowest BCUT2D eigenvalue weighted by Crippen LogP contribution is -2.57. The molecule has 0 saturated carbocycles. The Labute approximate surface area is 117 Å². The smallest absolute Gasteiger partial charge is 0.0950 e. The molecule has 2 aromatic rings. The van der Waals surface area contributed by atoms with Gasteiger partial charge in [-0.05, 0) is 5.56 Å². The first-order valence-corrected chi connectivity index (χ1v) is 9.77. The van der Waals surface area contributed by atoms with Crippen LogP contribution in [0.4, 0.5) is 0 Å². The van der Waals surface area contributed by atoms with Crippen LogP contribution >= 0.6 is 0 Å². The molecule has 0 N–H and O–H groups in total. The molecule has 0 bridgehead atoms. The SMILES string of the molecule is C=C[C@](C)(c1ccccc1)[Si](C)(C)c1ccccc1. The van der Waals surface area contributed by atoms with E-state index in [4.69, 9.17) is 0 Å². The molecule has 19 heavy (non-hydrogen) atoms. The first-order valence-electron chi connectivity index (χ1n) is 6.77. The van der Waals surface area contributed by atoms with Gasteiger partial charge in [-0.25, -0.2) is 0 Å². The molecule has 0 amide bonds. The van der Waals surface area contributed by atoms with Gasteiger partial charge in [0.05, 0.1) is 8.07 Å². The van der Waals surface area contributed by atoms with Crippen LogP contribution in [0.1, 0.15) is 12.5 Å². The molecule has 0 unspecified atom stereocenters. The van der Waals surface area contributed by atoms with Gasteiger partial charge in [0.1, 0.15) is 0 Å². The fraction of sp³-hybridized carbons (Fsp3) is 0.222. The number of hydrogen-bond acceptors (Lipinski definition) is 0. The predicted octanol–water partition coefficient (Wildman–Crippen LogP) is 4.29. The summed E-state index contributed by atoms with van der Waals surface area (Å²) in [6, 6.07) is 21.6. The summed E-state index contributed by atoms with van der Waals surface area (Å²) in [7, 11) is -1.69. The average Bonchev–Trinajstić information content (AvgIpc) is 2.48. The van der Waals surface area contributed by atoms with Crippen molar-refractivity contribution in [3.63, 3.8) is 0 Å². The van der Waals surface area contributed by atoms with Gasteiger partial charge in [-0.1, -0.05) is 91.9 Å². The van der Waals surface area contributed by atoms with Gasteiger partial charge in [-0.15, -0.1) is 6.58 Å². The third-order valence-electron chi connectivity index (χ3n) is 4.58. The second kappa shape index (κ2) is 5.18. The summed E-state index contributed by atoms with van der Waals surface area (Å²) in [6.45, 7) is 11.3. The van der Waals surface area contributed by atoms with Crippen LogP contribution in [0, 0.1) is 0 Å². The third kappa shape index (κ3) is 2.31. The molecule has 0 spiro atoms. The van der Waals surface area contributed by atoms with E-state index in [2.05, 4.69) is 93.3 Å². The second-order valence-electron chi connectivity index (χ2n) is 5.76. The highest BCUT2D eigenvalue weighted by Gasteiger charge is 2.42. The van der Waals surface area contributed by atoms with Crippen LogP contribution in [-0.2, 0) is 5.04 Å². The minimum atomic E-state index is -1.69. The van der Waals surface area contributed by atoms with Gasteiger partial charge < -0.3 is 0 Å². The minimum absolute atomic E-state index is 0.0373. The van der Waals surface area contributed by atoms with E-state index in [9.17, 15) is 0 Å². The van der Waals surface area contributed by atoms with E-state index in [0.717, 1.165) is 0 Å². The molecule has 0 aromatic heterocycles. The Morgan fingerprint density at radius 1 is 0.895 bits per heavy atom. The van der Waals surface area contributed by atoms with E-state index in [1.54, 1.807) is 0 Å². The highest BCUT2D eigenvalue weighted by Crippen LogP contribution is 2.34. The summed E-state index contributed by atoms with van der Waals surface area (Å²) in [5.74, 6) is 0. The topological polar surface area (TPSA) is 0 Å². The zero-order valence-corrected chi connectivity index (χ0v) is 13.1. The monoisotopic (exact) mass is 266 g/mol. The quantitative estimate of drug-likeness (QED) is 0.572. The maximum atomic E-state index is 4.14. The molecule has 0 heterocycles.